The molecule has 1 spiro atoms. The number of hydrogen-bond acceptors (Lipinski definition) is 5. The molecule has 2 aliphatic rings. The van der Waals surface area contributed by atoms with Crippen molar-refractivity contribution in [2.45, 2.75) is 38.3 Å². The minimum Gasteiger partial charge on any atom is -0.332 e. The van der Waals surface area contributed by atoms with Gasteiger partial charge in [0.15, 0.2) is 0 Å². The predicted molar refractivity (Wildman–Crippen MR) is 142 cm³/mol. The Hall–Kier alpha value is -2.93. The Morgan fingerprint density at radius 2 is 1.91 bits per heavy atom. The summed E-state index contributed by atoms with van der Waals surface area (Å²) in [5, 5.41) is 4.63. The summed E-state index contributed by atoms with van der Waals surface area (Å²) >= 11 is 12.8. The van der Waals surface area contributed by atoms with Crippen LogP contribution in [0.3, 0.4) is 0 Å². The van der Waals surface area contributed by atoms with Crippen molar-refractivity contribution < 1.29 is 0 Å². The Labute approximate surface area is 213 Å². The average molecular weight is 506 g/mol. The maximum atomic E-state index is 13.4. The third-order valence-electron chi connectivity index (χ3n) is 7.19. The molecule has 8 heteroatoms. The summed E-state index contributed by atoms with van der Waals surface area (Å²) in [7, 11) is 2.18. The number of fused-ring (bicyclic) bond motifs is 3. The predicted octanol–water partition coefficient (Wildman–Crippen LogP) is 6.01. The molecule has 3 heterocycles. The van der Waals surface area contributed by atoms with E-state index in [1.165, 1.54) is 24.0 Å². The van der Waals surface area contributed by atoms with Crippen LogP contribution in [0.15, 0.2) is 53.6 Å². The molecule has 1 fully saturated rings. The Kier molecular flexibility index (Phi) is 5.36. The molecule has 4 aromatic rings. The number of nitrogens with one attached hydrogen (secondary N) is 1. The van der Waals surface area contributed by atoms with E-state index >= 15 is 0 Å². The van der Waals surface area contributed by atoms with Crippen molar-refractivity contribution in [3.05, 3.63) is 80.2 Å². The molecule has 1 aliphatic carbocycles. The largest absolute Gasteiger partial charge is 0.332 e. The van der Waals surface area contributed by atoms with Gasteiger partial charge in [0.05, 0.1) is 15.4 Å². The third kappa shape index (κ3) is 3.80. The zero-order chi connectivity index (χ0) is 24.3. The lowest BCUT2D eigenvalue weighted by atomic mass is 9.87. The number of pyridine rings is 1. The molecule has 2 aromatic heterocycles. The van der Waals surface area contributed by atoms with Gasteiger partial charge in [-0.05, 0) is 62.2 Å². The first kappa shape index (κ1) is 22.5. The van der Waals surface area contributed by atoms with Gasteiger partial charge < -0.3 is 14.8 Å². The summed E-state index contributed by atoms with van der Waals surface area (Å²) in [5.41, 5.74) is 5.46. The fourth-order valence-corrected chi connectivity index (χ4v) is 5.98. The molecule has 2 aromatic carbocycles. The summed E-state index contributed by atoms with van der Waals surface area (Å²) in [6.45, 7) is 4.70. The van der Waals surface area contributed by atoms with Gasteiger partial charge in [-0.1, -0.05) is 35.3 Å². The SMILES string of the molecule is CCn1cc(-c2c(Cl)cccc2Cl)c(=O)c2cnc(Nc3ccc4c(c3)CN(C)CC43CC3)nc21. The number of nitrogens with zero attached hydrogens (tertiary/aromatic N) is 4. The molecule has 6 nitrogen and oxygen atoms in total. The monoisotopic (exact) mass is 505 g/mol. The number of likely N-dealkylation sites (N-methyl/N-ethyl adjacent to an activating group) is 1. The van der Waals surface area contributed by atoms with Crippen LogP contribution in [0.5, 0.6) is 0 Å². The number of aryl methyl sites for hydroxylation is 1. The summed E-state index contributed by atoms with van der Waals surface area (Å²) in [6.07, 6.45) is 5.89. The average Bonchev–Trinajstić information content (AvgIpc) is 3.59. The van der Waals surface area contributed by atoms with E-state index in [0.29, 0.717) is 50.1 Å². The van der Waals surface area contributed by atoms with Crippen LogP contribution in [0.2, 0.25) is 10.0 Å². The maximum absolute atomic E-state index is 13.4. The topological polar surface area (TPSA) is 63.1 Å². The van der Waals surface area contributed by atoms with Gasteiger partial charge >= 0.3 is 0 Å². The van der Waals surface area contributed by atoms with Crippen molar-refractivity contribution >= 4 is 45.9 Å². The molecule has 0 radical (unpaired) electrons. The zero-order valence-corrected chi connectivity index (χ0v) is 21.1. The van der Waals surface area contributed by atoms with E-state index in [0.717, 1.165) is 18.8 Å². The molecule has 1 saturated carbocycles. The fourth-order valence-electron chi connectivity index (χ4n) is 5.38. The van der Waals surface area contributed by atoms with E-state index in [2.05, 4.69) is 40.4 Å². The number of hydrogen-bond donors (Lipinski definition) is 1. The van der Waals surface area contributed by atoms with Crippen LogP contribution in [0.4, 0.5) is 11.6 Å². The number of rotatable bonds is 4. The van der Waals surface area contributed by atoms with Gasteiger partial charge in [0.1, 0.15) is 5.65 Å². The molecule has 1 aliphatic heterocycles. The summed E-state index contributed by atoms with van der Waals surface area (Å²) < 4.78 is 1.93. The Balaban J connectivity index is 1.39. The van der Waals surface area contributed by atoms with Gasteiger partial charge in [0, 0.05) is 54.3 Å². The van der Waals surface area contributed by atoms with Crippen LogP contribution >= 0.6 is 23.2 Å². The van der Waals surface area contributed by atoms with Crippen LogP contribution in [0, 0.1) is 0 Å². The second-order valence-electron chi connectivity index (χ2n) is 9.64. The minimum absolute atomic E-state index is 0.196. The highest BCUT2D eigenvalue weighted by Crippen LogP contribution is 2.52. The van der Waals surface area contributed by atoms with Crippen LogP contribution in [-0.4, -0.2) is 33.0 Å². The first-order valence-corrected chi connectivity index (χ1v) is 12.6. The van der Waals surface area contributed by atoms with Gasteiger partial charge in [0.2, 0.25) is 11.4 Å². The third-order valence-corrected chi connectivity index (χ3v) is 7.82. The van der Waals surface area contributed by atoms with Crippen LogP contribution in [0.25, 0.3) is 22.2 Å². The van der Waals surface area contributed by atoms with Crippen LogP contribution in [-0.2, 0) is 18.5 Å². The lowest BCUT2D eigenvalue weighted by Gasteiger charge is -2.32. The molecule has 1 N–H and O–H groups in total. The lowest BCUT2D eigenvalue weighted by molar-refractivity contribution is 0.271. The van der Waals surface area contributed by atoms with Gasteiger partial charge in [-0.3, -0.25) is 4.79 Å². The van der Waals surface area contributed by atoms with Crippen molar-refractivity contribution in [1.29, 1.82) is 0 Å². The van der Waals surface area contributed by atoms with E-state index in [1.54, 1.807) is 30.6 Å². The highest BCUT2D eigenvalue weighted by molar-refractivity contribution is 6.39. The molecule has 35 heavy (non-hydrogen) atoms. The number of benzene rings is 2. The van der Waals surface area contributed by atoms with Gasteiger partial charge in [-0.2, -0.15) is 4.98 Å². The maximum Gasteiger partial charge on any atom is 0.229 e. The van der Waals surface area contributed by atoms with E-state index in [1.807, 2.05) is 11.5 Å². The standard InChI is InChI=1S/C27H25Cl2N5O/c1-3-34-14-19(23-21(28)5-4-6-22(23)29)24(35)18-12-30-26(32-25(18)34)31-17-7-8-20-16(11-17)13-33(2)15-27(20)9-10-27/h4-8,11-12,14H,3,9-10,13,15H2,1-2H3,(H,30,31,32). The highest BCUT2D eigenvalue weighted by Gasteiger charge is 2.48. The molecule has 0 atom stereocenters. The molecule has 0 unspecified atom stereocenters. The lowest BCUT2D eigenvalue weighted by Crippen LogP contribution is -2.35. The molecule has 6 rings (SSSR count). The number of aromatic nitrogens is 3. The van der Waals surface area contributed by atoms with Crippen LogP contribution in [0.1, 0.15) is 30.9 Å². The zero-order valence-electron chi connectivity index (χ0n) is 19.6. The molecular weight excluding hydrogens is 481 g/mol. The Bertz CT molecular complexity index is 1520. The Morgan fingerprint density at radius 1 is 1.14 bits per heavy atom. The van der Waals surface area contributed by atoms with Gasteiger partial charge in [0.25, 0.3) is 0 Å². The fraction of sp³-hybridized carbons (Fsp3) is 0.296. The summed E-state index contributed by atoms with van der Waals surface area (Å²) in [4.78, 5) is 25.0. The summed E-state index contributed by atoms with van der Waals surface area (Å²) in [5.74, 6) is 0.452. The van der Waals surface area contributed by atoms with Crippen LogP contribution < -0.4 is 10.7 Å². The number of halogens is 2. The van der Waals surface area contributed by atoms with Crippen molar-refractivity contribution in [2.75, 3.05) is 18.9 Å². The molecular formula is C27H25Cl2N5O. The summed E-state index contributed by atoms with van der Waals surface area (Å²) in [6, 6.07) is 11.8. The quantitative estimate of drug-likeness (QED) is 0.368. The van der Waals surface area contributed by atoms with E-state index in [-0.39, 0.29) is 5.43 Å². The number of anilines is 2. The van der Waals surface area contributed by atoms with Gasteiger partial charge in [-0.15, -0.1) is 0 Å². The van der Waals surface area contributed by atoms with Crippen molar-refractivity contribution in [3.8, 4) is 11.1 Å². The van der Waals surface area contributed by atoms with Gasteiger partial charge in [-0.25, -0.2) is 4.98 Å². The Morgan fingerprint density at radius 3 is 2.63 bits per heavy atom. The van der Waals surface area contributed by atoms with E-state index < -0.39 is 0 Å². The van der Waals surface area contributed by atoms with E-state index in [9.17, 15) is 4.79 Å². The minimum atomic E-state index is -0.196. The first-order valence-electron chi connectivity index (χ1n) is 11.8. The molecule has 0 bridgehead atoms. The molecule has 0 saturated heterocycles. The van der Waals surface area contributed by atoms with Crippen molar-refractivity contribution in [1.82, 2.24) is 19.4 Å². The smallest absolute Gasteiger partial charge is 0.229 e. The van der Waals surface area contributed by atoms with Crippen molar-refractivity contribution in [3.63, 3.8) is 0 Å². The highest BCUT2D eigenvalue weighted by atomic mass is 35.5. The second kappa shape index (κ2) is 8.33. The first-order chi connectivity index (χ1) is 16.9. The molecule has 178 valence electrons. The van der Waals surface area contributed by atoms with E-state index in [4.69, 9.17) is 28.2 Å². The van der Waals surface area contributed by atoms with Crippen molar-refractivity contribution in [2.24, 2.45) is 0 Å². The second-order valence-corrected chi connectivity index (χ2v) is 10.4. The normalized spacial score (nSPS) is 16.5. The molecule has 0 amide bonds.